The van der Waals surface area contributed by atoms with Gasteiger partial charge in [-0.2, -0.15) is 0 Å². The molecule has 0 aliphatic rings. The highest BCUT2D eigenvalue weighted by molar-refractivity contribution is 7.89. The number of hydrogen-bond donors (Lipinski definition) is 2. The Kier molecular flexibility index (Phi) is 6.79. The first-order valence-electron chi connectivity index (χ1n) is 6.34. The maximum Gasteiger partial charge on any atom is 0.212 e. The molecule has 0 amide bonds. The van der Waals surface area contributed by atoms with Crippen LogP contribution in [0.3, 0.4) is 0 Å². The van der Waals surface area contributed by atoms with Crippen molar-refractivity contribution < 1.29 is 8.42 Å². The van der Waals surface area contributed by atoms with Crippen LogP contribution in [0.2, 0.25) is 5.02 Å². The van der Waals surface area contributed by atoms with Gasteiger partial charge < -0.3 is 5.32 Å². The standard InChI is InChI=1S/C13H21ClN2O2S/c1-11(12-5-7-13(14)8-6-12)16-19(17,18)10-4-3-9-15-2/h5-8,11,15-16H,3-4,9-10H2,1-2H3. The second-order valence-corrected chi connectivity index (χ2v) is 6.83. The average Bonchev–Trinajstić information content (AvgIpc) is 2.35. The van der Waals surface area contributed by atoms with Gasteiger partial charge in [0, 0.05) is 11.1 Å². The Morgan fingerprint density at radius 1 is 1.21 bits per heavy atom. The first-order chi connectivity index (χ1) is 8.94. The molecule has 2 N–H and O–H groups in total. The van der Waals surface area contributed by atoms with Gasteiger partial charge >= 0.3 is 0 Å². The summed E-state index contributed by atoms with van der Waals surface area (Å²) in [5.74, 6) is 0.159. The van der Waals surface area contributed by atoms with Crippen molar-refractivity contribution in [1.29, 1.82) is 0 Å². The van der Waals surface area contributed by atoms with Crippen LogP contribution in [-0.4, -0.2) is 27.8 Å². The molecular weight excluding hydrogens is 284 g/mol. The minimum absolute atomic E-state index is 0.159. The molecule has 0 saturated heterocycles. The van der Waals surface area contributed by atoms with Gasteiger partial charge in [-0.05, 0) is 51.1 Å². The van der Waals surface area contributed by atoms with Crippen LogP contribution < -0.4 is 10.0 Å². The summed E-state index contributed by atoms with van der Waals surface area (Å²) in [6.07, 6.45) is 1.51. The summed E-state index contributed by atoms with van der Waals surface area (Å²) in [6.45, 7) is 2.66. The highest BCUT2D eigenvalue weighted by Crippen LogP contribution is 2.16. The van der Waals surface area contributed by atoms with Crippen LogP contribution in [0.25, 0.3) is 0 Å². The molecule has 0 fully saturated rings. The zero-order chi connectivity index (χ0) is 14.3. The molecule has 1 atom stereocenters. The summed E-state index contributed by atoms with van der Waals surface area (Å²) in [7, 11) is -1.37. The Labute approximate surface area is 120 Å². The van der Waals surface area contributed by atoms with Gasteiger partial charge in [-0.1, -0.05) is 23.7 Å². The molecule has 1 aromatic carbocycles. The van der Waals surface area contributed by atoms with E-state index in [1.807, 2.05) is 26.1 Å². The Hall–Kier alpha value is -0.620. The van der Waals surface area contributed by atoms with Crippen molar-refractivity contribution in [3.05, 3.63) is 34.9 Å². The molecular formula is C13H21ClN2O2S. The van der Waals surface area contributed by atoms with Crippen LogP contribution in [0.4, 0.5) is 0 Å². The number of halogens is 1. The van der Waals surface area contributed by atoms with Gasteiger partial charge in [-0.3, -0.25) is 0 Å². The lowest BCUT2D eigenvalue weighted by Gasteiger charge is -2.14. The molecule has 1 aromatic rings. The molecule has 0 bridgehead atoms. The molecule has 0 radical (unpaired) electrons. The summed E-state index contributed by atoms with van der Waals surface area (Å²) in [5.41, 5.74) is 0.906. The third kappa shape index (κ3) is 6.38. The number of unbranched alkanes of at least 4 members (excludes halogenated alkanes) is 1. The number of benzene rings is 1. The SMILES string of the molecule is CNCCCCS(=O)(=O)NC(C)c1ccc(Cl)cc1. The molecule has 0 saturated carbocycles. The largest absolute Gasteiger partial charge is 0.320 e. The Bertz CT molecular complexity index is 474. The first kappa shape index (κ1) is 16.4. The van der Waals surface area contributed by atoms with E-state index in [1.54, 1.807) is 12.1 Å². The van der Waals surface area contributed by atoms with E-state index in [1.165, 1.54) is 0 Å². The van der Waals surface area contributed by atoms with E-state index in [9.17, 15) is 8.42 Å². The molecule has 19 heavy (non-hydrogen) atoms. The molecule has 1 rings (SSSR count). The van der Waals surface area contributed by atoms with E-state index in [-0.39, 0.29) is 11.8 Å². The van der Waals surface area contributed by atoms with Gasteiger partial charge in [0.05, 0.1) is 5.75 Å². The minimum Gasteiger partial charge on any atom is -0.320 e. The van der Waals surface area contributed by atoms with Gasteiger partial charge in [0.1, 0.15) is 0 Å². The summed E-state index contributed by atoms with van der Waals surface area (Å²) in [5, 5.41) is 3.64. The zero-order valence-electron chi connectivity index (χ0n) is 11.3. The van der Waals surface area contributed by atoms with Crippen LogP contribution in [0.15, 0.2) is 24.3 Å². The molecule has 0 aliphatic heterocycles. The predicted octanol–water partition coefficient (Wildman–Crippen LogP) is 2.32. The Balaban J connectivity index is 2.50. The van der Waals surface area contributed by atoms with Crippen molar-refractivity contribution in [2.24, 2.45) is 0 Å². The molecule has 4 nitrogen and oxygen atoms in total. The number of sulfonamides is 1. The quantitative estimate of drug-likeness (QED) is 0.725. The second-order valence-electron chi connectivity index (χ2n) is 4.52. The lowest BCUT2D eigenvalue weighted by Crippen LogP contribution is -2.29. The molecule has 0 heterocycles. The van der Waals surface area contributed by atoms with Gasteiger partial charge in [0.2, 0.25) is 10.0 Å². The fourth-order valence-electron chi connectivity index (χ4n) is 1.74. The van der Waals surface area contributed by atoms with Crippen LogP contribution in [0.5, 0.6) is 0 Å². The number of rotatable bonds is 8. The van der Waals surface area contributed by atoms with Crippen molar-refractivity contribution in [3.63, 3.8) is 0 Å². The number of hydrogen-bond acceptors (Lipinski definition) is 3. The molecule has 0 spiro atoms. The average molecular weight is 305 g/mol. The van der Waals surface area contributed by atoms with Crippen molar-refractivity contribution in [1.82, 2.24) is 10.0 Å². The summed E-state index contributed by atoms with van der Waals surface area (Å²) in [4.78, 5) is 0. The topological polar surface area (TPSA) is 58.2 Å². The van der Waals surface area contributed by atoms with E-state index in [4.69, 9.17) is 11.6 Å². The molecule has 0 aromatic heterocycles. The maximum absolute atomic E-state index is 11.9. The number of nitrogens with one attached hydrogen (secondary N) is 2. The van der Waals surface area contributed by atoms with E-state index >= 15 is 0 Å². The van der Waals surface area contributed by atoms with Crippen molar-refractivity contribution in [2.75, 3.05) is 19.3 Å². The van der Waals surface area contributed by atoms with Gasteiger partial charge in [0.15, 0.2) is 0 Å². The monoisotopic (exact) mass is 304 g/mol. The summed E-state index contributed by atoms with van der Waals surface area (Å²) >= 11 is 5.80. The van der Waals surface area contributed by atoms with Crippen molar-refractivity contribution in [3.8, 4) is 0 Å². The van der Waals surface area contributed by atoms with Gasteiger partial charge in [-0.15, -0.1) is 0 Å². The summed E-state index contributed by atoms with van der Waals surface area (Å²) in [6, 6.07) is 6.93. The Morgan fingerprint density at radius 2 is 1.84 bits per heavy atom. The normalized spacial score (nSPS) is 13.4. The predicted molar refractivity (Wildman–Crippen MR) is 80.0 cm³/mol. The fourth-order valence-corrected chi connectivity index (χ4v) is 3.24. The molecule has 1 unspecified atom stereocenters. The van der Waals surface area contributed by atoms with Gasteiger partial charge in [0.25, 0.3) is 0 Å². The van der Waals surface area contributed by atoms with E-state index < -0.39 is 10.0 Å². The van der Waals surface area contributed by atoms with Crippen molar-refractivity contribution in [2.45, 2.75) is 25.8 Å². The lowest BCUT2D eigenvalue weighted by molar-refractivity contribution is 0.562. The molecule has 108 valence electrons. The highest BCUT2D eigenvalue weighted by atomic mass is 35.5. The first-order valence-corrected chi connectivity index (χ1v) is 8.37. The fraction of sp³-hybridized carbons (Fsp3) is 0.538. The minimum atomic E-state index is -3.23. The third-order valence-electron chi connectivity index (χ3n) is 2.82. The molecule has 0 aliphatic carbocycles. The highest BCUT2D eigenvalue weighted by Gasteiger charge is 2.15. The van der Waals surface area contributed by atoms with Crippen molar-refractivity contribution >= 4 is 21.6 Å². The third-order valence-corrected chi connectivity index (χ3v) is 4.61. The Morgan fingerprint density at radius 3 is 2.42 bits per heavy atom. The summed E-state index contributed by atoms with van der Waals surface area (Å²) < 4.78 is 26.5. The van der Waals surface area contributed by atoms with Crippen LogP contribution in [0, 0.1) is 0 Å². The van der Waals surface area contributed by atoms with E-state index in [2.05, 4.69) is 10.0 Å². The zero-order valence-corrected chi connectivity index (χ0v) is 12.9. The van der Waals surface area contributed by atoms with Crippen LogP contribution >= 0.6 is 11.6 Å². The van der Waals surface area contributed by atoms with E-state index in [0.29, 0.717) is 11.4 Å². The van der Waals surface area contributed by atoms with Crippen LogP contribution in [-0.2, 0) is 10.0 Å². The van der Waals surface area contributed by atoms with Gasteiger partial charge in [-0.25, -0.2) is 13.1 Å². The van der Waals surface area contributed by atoms with Crippen LogP contribution in [0.1, 0.15) is 31.4 Å². The van der Waals surface area contributed by atoms with E-state index in [0.717, 1.165) is 18.5 Å². The second kappa shape index (κ2) is 7.85. The molecule has 6 heteroatoms. The smallest absolute Gasteiger partial charge is 0.212 e. The lowest BCUT2D eigenvalue weighted by atomic mass is 10.1. The maximum atomic E-state index is 11.9.